The predicted octanol–water partition coefficient (Wildman–Crippen LogP) is 4.78. The van der Waals surface area contributed by atoms with Crippen LogP contribution in [0.5, 0.6) is 5.75 Å². The van der Waals surface area contributed by atoms with Crippen molar-refractivity contribution in [3.8, 4) is 11.4 Å². The van der Waals surface area contributed by atoms with Crippen LogP contribution < -0.4 is 4.74 Å². The predicted molar refractivity (Wildman–Crippen MR) is 102 cm³/mol. The monoisotopic (exact) mass is 367 g/mol. The highest BCUT2D eigenvalue weighted by Gasteiger charge is 2.18. The maximum Gasteiger partial charge on any atom is 0.340 e. The molecule has 0 N–H and O–H groups in total. The van der Waals surface area contributed by atoms with E-state index in [1.165, 1.54) is 12.1 Å². The van der Waals surface area contributed by atoms with Crippen LogP contribution in [0.4, 0.5) is 4.39 Å². The van der Waals surface area contributed by atoms with Crippen molar-refractivity contribution in [3.05, 3.63) is 82.9 Å². The number of rotatable bonds is 6. The van der Waals surface area contributed by atoms with Crippen LogP contribution in [-0.2, 0) is 4.74 Å². The molecule has 5 heteroatoms. The molecule has 3 aromatic rings. The van der Waals surface area contributed by atoms with Crippen molar-refractivity contribution in [1.29, 1.82) is 0 Å². The summed E-state index contributed by atoms with van der Waals surface area (Å²) >= 11 is 0. The molecule has 0 bridgehead atoms. The number of esters is 1. The topological polar surface area (TPSA) is 40.5 Å². The van der Waals surface area contributed by atoms with Gasteiger partial charge in [-0.25, -0.2) is 9.18 Å². The SMILES string of the molecule is Cc1ccc(OCCOC(=O)c2cc(C)n(-c3ccc(F)cc3)c2C)cc1. The smallest absolute Gasteiger partial charge is 0.340 e. The summed E-state index contributed by atoms with van der Waals surface area (Å²) in [5.74, 6) is 0.0459. The second-order valence-corrected chi connectivity index (χ2v) is 6.39. The quantitative estimate of drug-likeness (QED) is 0.465. The largest absolute Gasteiger partial charge is 0.490 e. The van der Waals surface area contributed by atoms with Gasteiger partial charge in [0, 0.05) is 17.1 Å². The van der Waals surface area contributed by atoms with Crippen molar-refractivity contribution >= 4 is 5.97 Å². The first-order chi connectivity index (χ1) is 13.0. The summed E-state index contributed by atoms with van der Waals surface area (Å²) in [6.07, 6.45) is 0. The van der Waals surface area contributed by atoms with Gasteiger partial charge in [0.2, 0.25) is 0 Å². The zero-order valence-electron chi connectivity index (χ0n) is 15.7. The summed E-state index contributed by atoms with van der Waals surface area (Å²) in [6.45, 7) is 6.19. The number of hydrogen-bond donors (Lipinski definition) is 0. The molecule has 0 unspecified atom stereocenters. The maximum atomic E-state index is 13.2. The second kappa shape index (κ2) is 8.08. The fraction of sp³-hybridized carbons (Fsp3) is 0.227. The Balaban J connectivity index is 1.62. The summed E-state index contributed by atoms with van der Waals surface area (Å²) in [5.41, 5.74) is 4.08. The first kappa shape index (κ1) is 18.7. The molecule has 27 heavy (non-hydrogen) atoms. The zero-order valence-corrected chi connectivity index (χ0v) is 15.7. The Bertz CT molecular complexity index is 927. The number of ether oxygens (including phenoxy) is 2. The van der Waals surface area contributed by atoms with Gasteiger partial charge in [0.05, 0.1) is 5.56 Å². The third kappa shape index (κ3) is 4.37. The van der Waals surface area contributed by atoms with Crippen LogP contribution in [0.1, 0.15) is 27.3 Å². The summed E-state index contributed by atoms with van der Waals surface area (Å²) in [7, 11) is 0. The zero-order chi connectivity index (χ0) is 19.4. The summed E-state index contributed by atoms with van der Waals surface area (Å²) in [5, 5.41) is 0. The molecule has 1 heterocycles. The van der Waals surface area contributed by atoms with Gasteiger partial charge in [-0.15, -0.1) is 0 Å². The Morgan fingerprint density at radius 2 is 1.63 bits per heavy atom. The van der Waals surface area contributed by atoms with Gasteiger partial charge < -0.3 is 14.0 Å². The van der Waals surface area contributed by atoms with E-state index in [4.69, 9.17) is 9.47 Å². The number of nitrogens with zero attached hydrogens (tertiary/aromatic N) is 1. The summed E-state index contributed by atoms with van der Waals surface area (Å²) in [4.78, 5) is 12.4. The average Bonchev–Trinajstić information content (AvgIpc) is 2.95. The molecule has 0 fully saturated rings. The Kier molecular flexibility index (Phi) is 5.60. The highest BCUT2D eigenvalue weighted by Crippen LogP contribution is 2.22. The Morgan fingerprint density at radius 3 is 2.30 bits per heavy atom. The van der Waals surface area contributed by atoms with Crippen LogP contribution in [-0.4, -0.2) is 23.8 Å². The van der Waals surface area contributed by atoms with Crippen LogP contribution in [0, 0.1) is 26.6 Å². The van der Waals surface area contributed by atoms with Gasteiger partial charge in [-0.3, -0.25) is 0 Å². The number of aromatic nitrogens is 1. The van der Waals surface area contributed by atoms with E-state index in [0.717, 1.165) is 28.4 Å². The van der Waals surface area contributed by atoms with Gasteiger partial charge in [0.1, 0.15) is 24.8 Å². The fourth-order valence-corrected chi connectivity index (χ4v) is 2.96. The standard InChI is InChI=1S/C22H22FNO3/c1-15-4-10-20(11-5-15)26-12-13-27-22(25)21-14-16(2)24(17(21)3)19-8-6-18(23)7-9-19/h4-11,14H,12-13H2,1-3H3. The van der Waals surface area contributed by atoms with Crippen molar-refractivity contribution in [2.45, 2.75) is 20.8 Å². The first-order valence-electron chi connectivity index (χ1n) is 8.77. The molecule has 4 nitrogen and oxygen atoms in total. The van der Waals surface area contributed by atoms with Crippen molar-refractivity contribution < 1.29 is 18.7 Å². The van der Waals surface area contributed by atoms with Crippen LogP contribution >= 0.6 is 0 Å². The van der Waals surface area contributed by atoms with Crippen LogP contribution in [0.15, 0.2) is 54.6 Å². The molecule has 0 spiro atoms. The molecule has 0 aliphatic carbocycles. The van der Waals surface area contributed by atoms with Crippen LogP contribution in [0.25, 0.3) is 5.69 Å². The highest BCUT2D eigenvalue weighted by molar-refractivity contribution is 5.91. The number of hydrogen-bond acceptors (Lipinski definition) is 3. The maximum absolute atomic E-state index is 13.2. The molecule has 3 rings (SSSR count). The van der Waals surface area contributed by atoms with Gasteiger partial charge in [-0.2, -0.15) is 0 Å². The normalized spacial score (nSPS) is 10.7. The summed E-state index contributed by atoms with van der Waals surface area (Å²) < 4.78 is 26.0. The minimum atomic E-state index is -0.399. The van der Waals surface area contributed by atoms with E-state index < -0.39 is 5.97 Å². The molecule has 1 aromatic heterocycles. The lowest BCUT2D eigenvalue weighted by Crippen LogP contribution is -2.13. The molecule has 0 amide bonds. The number of benzene rings is 2. The number of aryl methyl sites for hydroxylation is 2. The van der Waals surface area contributed by atoms with Gasteiger partial charge >= 0.3 is 5.97 Å². The van der Waals surface area contributed by atoms with Crippen molar-refractivity contribution in [2.24, 2.45) is 0 Å². The molecule has 0 aliphatic rings. The minimum Gasteiger partial charge on any atom is -0.490 e. The third-order valence-electron chi connectivity index (χ3n) is 4.34. The summed E-state index contributed by atoms with van der Waals surface area (Å²) in [6, 6.07) is 15.6. The Hall–Kier alpha value is -3.08. The number of carbonyl (C=O) groups is 1. The van der Waals surface area contributed by atoms with E-state index >= 15 is 0 Å². The molecule has 0 saturated heterocycles. The van der Waals surface area contributed by atoms with E-state index in [2.05, 4.69) is 0 Å². The lowest BCUT2D eigenvalue weighted by Gasteiger charge is -2.10. The highest BCUT2D eigenvalue weighted by atomic mass is 19.1. The molecule has 0 radical (unpaired) electrons. The molecular weight excluding hydrogens is 345 g/mol. The molecule has 0 aliphatic heterocycles. The van der Waals surface area contributed by atoms with Gasteiger partial charge in [-0.05, 0) is 63.2 Å². The lowest BCUT2D eigenvalue weighted by atomic mass is 10.2. The average molecular weight is 367 g/mol. The van der Waals surface area contributed by atoms with Crippen LogP contribution in [0.3, 0.4) is 0 Å². The van der Waals surface area contributed by atoms with Gasteiger partial charge in [0.25, 0.3) is 0 Å². The van der Waals surface area contributed by atoms with Crippen molar-refractivity contribution in [3.63, 3.8) is 0 Å². The Labute approximate surface area is 158 Å². The second-order valence-electron chi connectivity index (χ2n) is 6.39. The first-order valence-corrected chi connectivity index (χ1v) is 8.77. The lowest BCUT2D eigenvalue weighted by molar-refractivity contribution is 0.0449. The van der Waals surface area contributed by atoms with Crippen molar-refractivity contribution in [2.75, 3.05) is 13.2 Å². The van der Waals surface area contributed by atoms with Gasteiger partial charge in [-0.1, -0.05) is 17.7 Å². The fourth-order valence-electron chi connectivity index (χ4n) is 2.96. The van der Waals surface area contributed by atoms with E-state index in [9.17, 15) is 9.18 Å². The molecule has 140 valence electrons. The van der Waals surface area contributed by atoms with E-state index in [1.807, 2.05) is 49.6 Å². The van der Waals surface area contributed by atoms with E-state index in [0.29, 0.717) is 5.56 Å². The Morgan fingerprint density at radius 1 is 0.963 bits per heavy atom. The van der Waals surface area contributed by atoms with Crippen molar-refractivity contribution in [1.82, 2.24) is 4.57 Å². The molecular formula is C22H22FNO3. The molecule has 0 atom stereocenters. The molecule has 2 aromatic carbocycles. The number of carbonyl (C=O) groups excluding carboxylic acids is 1. The molecule has 0 saturated carbocycles. The number of halogens is 1. The van der Waals surface area contributed by atoms with Crippen LogP contribution in [0.2, 0.25) is 0 Å². The van der Waals surface area contributed by atoms with E-state index in [-0.39, 0.29) is 19.0 Å². The van der Waals surface area contributed by atoms with E-state index in [1.54, 1.807) is 18.2 Å². The van der Waals surface area contributed by atoms with Gasteiger partial charge in [0.15, 0.2) is 0 Å². The third-order valence-corrected chi connectivity index (χ3v) is 4.34. The minimum absolute atomic E-state index is 0.160.